The Morgan fingerprint density at radius 2 is 2.05 bits per heavy atom. The van der Waals surface area contributed by atoms with E-state index in [0.717, 1.165) is 12.1 Å². The molecule has 0 atom stereocenters. The van der Waals surface area contributed by atoms with E-state index >= 15 is 0 Å². The van der Waals surface area contributed by atoms with E-state index in [2.05, 4.69) is 23.3 Å². The fraction of sp³-hybridized carbons (Fsp3) is 0.267. The molecule has 0 bridgehead atoms. The predicted octanol–water partition coefficient (Wildman–Crippen LogP) is 3.73. The number of pyridine rings is 1. The Morgan fingerprint density at radius 3 is 2.79 bits per heavy atom. The summed E-state index contributed by atoms with van der Waals surface area (Å²) in [6.07, 6.45) is 2.72. The third kappa shape index (κ3) is 3.75. The zero-order valence-electron chi connectivity index (χ0n) is 10.8. The topological polar surface area (TPSA) is 24.9 Å². The van der Waals surface area contributed by atoms with Crippen LogP contribution in [0.3, 0.4) is 0 Å². The van der Waals surface area contributed by atoms with Crippen LogP contribution >= 0.6 is 11.6 Å². The van der Waals surface area contributed by atoms with Crippen molar-refractivity contribution >= 4 is 11.6 Å². The van der Waals surface area contributed by atoms with Gasteiger partial charge in [-0.25, -0.2) is 4.39 Å². The molecule has 0 aliphatic carbocycles. The van der Waals surface area contributed by atoms with E-state index in [1.807, 2.05) is 6.07 Å². The maximum absolute atomic E-state index is 13.6. The summed E-state index contributed by atoms with van der Waals surface area (Å²) < 4.78 is 13.6. The molecule has 4 heteroatoms. The molecule has 0 aliphatic rings. The number of aromatic nitrogens is 1. The van der Waals surface area contributed by atoms with Gasteiger partial charge in [0.1, 0.15) is 5.82 Å². The van der Waals surface area contributed by atoms with E-state index in [1.54, 1.807) is 18.3 Å². The van der Waals surface area contributed by atoms with Crippen LogP contribution in [-0.4, -0.2) is 4.98 Å². The first-order chi connectivity index (χ1) is 9.20. The van der Waals surface area contributed by atoms with Crippen LogP contribution in [0.1, 0.15) is 23.7 Å². The first kappa shape index (κ1) is 14.0. The summed E-state index contributed by atoms with van der Waals surface area (Å²) in [4.78, 5) is 4.34. The van der Waals surface area contributed by atoms with Crippen LogP contribution in [0.2, 0.25) is 5.02 Å². The molecular weight excluding hydrogens is 263 g/mol. The van der Waals surface area contributed by atoms with Gasteiger partial charge in [0.25, 0.3) is 0 Å². The lowest BCUT2D eigenvalue weighted by atomic mass is 10.1. The first-order valence-corrected chi connectivity index (χ1v) is 6.66. The van der Waals surface area contributed by atoms with Crippen LogP contribution in [0.5, 0.6) is 0 Å². The molecule has 100 valence electrons. The van der Waals surface area contributed by atoms with E-state index in [1.165, 1.54) is 11.6 Å². The molecule has 0 saturated heterocycles. The second-order valence-corrected chi connectivity index (χ2v) is 4.74. The Labute approximate surface area is 117 Å². The SMILES string of the molecule is CCc1cccnc1CNCc1ccc(Cl)cc1F. The van der Waals surface area contributed by atoms with Crippen molar-refractivity contribution in [3.8, 4) is 0 Å². The smallest absolute Gasteiger partial charge is 0.129 e. The van der Waals surface area contributed by atoms with Gasteiger partial charge in [-0.1, -0.05) is 30.7 Å². The summed E-state index contributed by atoms with van der Waals surface area (Å²) in [5, 5.41) is 3.62. The Kier molecular flexibility index (Phi) is 4.88. The van der Waals surface area contributed by atoms with E-state index in [-0.39, 0.29) is 5.82 Å². The maximum Gasteiger partial charge on any atom is 0.129 e. The minimum Gasteiger partial charge on any atom is -0.307 e. The first-order valence-electron chi connectivity index (χ1n) is 6.28. The van der Waals surface area contributed by atoms with Gasteiger partial charge in [0.2, 0.25) is 0 Å². The van der Waals surface area contributed by atoms with E-state index in [9.17, 15) is 4.39 Å². The van der Waals surface area contributed by atoms with Crippen molar-refractivity contribution in [3.63, 3.8) is 0 Å². The maximum atomic E-state index is 13.6. The van der Waals surface area contributed by atoms with Crippen LogP contribution in [0.4, 0.5) is 4.39 Å². The average molecular weight is 279 g/mol. The molecule has 0 radical (unpaired) electrons. The summed E-state index contributed by atoms with van der Waals surface area (Å²) in [5.74, 6) is -0.281. The van der Waals surface area contributed by atoms with Crippen molar-refractivity contribution < 1.29 is 4.39 Å². The number of aryl methyl sites for hydroxylation is 1. The van der Waals surface area contributed by atoms with Crippen LogP contribution in [-0.2, 0) is 19.5 Å². The molecule has 2 aromatic rings. The Morgan fingerprint density at radius 1 is 1.21 bits per heavy atom. The number of benzene rings is 1. The van der Waals surface area contributed by atoms with Crippen molar-refractivity contribution in [2.75, 3.05) is 0 Å². The zero-order valence-corrected chi connectivity index (χ0v) is 11.5. The van der Waals surface area contributed by atoms with Gasteiger partial charge in [0.05, 0.1) is 5.69 Å². The Bertz CT molecular complexity index is 558. The highest BCUT2D eigenvalue weighted by atomic mass is 35.5. The van der Waals surface area contributed by atoms with Crippen molar-refractivity contribution in [2.45, 2.75) is 26.4 Å². The number of hydrogen-bond donors (Lipinski definition) is 1. The molecule has 1 N–H and O–H groups in total. The number of nitrogens with one attached hydrogen (secondary N) is 1. The fourth-order valence-electron chi connectivity index (χ4n) is 1.93. The molecular formula is C15H16ClFN2. The lowest BCUT2D eigenvalue weighted by molar-refractivity contribution is 0.585. The number of nitrogens with zero attached hydrogens (tertiary/aromatic N) is 1. The molecule has 0 amide bonds. The molecule has 1 aromatic carbocycles. The van der Waals surface area contributed by atoms with Crippen LogP contribution in [0, 0.1) is 5.82 Å². The second kappa shape index (κ2) is 6.64. The van der Waals surface area contributed by atoms with Crippen molar-refractivity contribution in [2.24, 2.45) is 0 Å². The van der Waals surface area contributed by atoms with E-state index in [4.69, 9.17) is 11.6 Å². The third-order valence-electron chi connectivity index (χ3n) is 2.99. The Balaban J connectivity index is 1.96. The molecule has 0 spiro atoms. The molecule has 0 aliphatic heterocycles. The molecule has 1 heterocycles. The molecule has 0 unspecified atom stereocenters. The highest BCUT2D eigenvalue weighted by Crippen LogP contribution is 2.14. The van der Waals surface area contributed by atoms with Gasteiger partial charge in [-0.3, -0.25) is 4.98 Å². The van der Waals surface area contributed by atoms with Gasteiger partial charge < -0.3 is 5.32 Å². The molecule has 2 rings (SSSR count). The van der Waals surface area contributed by atoms with Crippen molar-refractivity contribution in [1.29, 1.82) is 0 Å². The van der Waals surface area contributed by atoms with E-state index in [0.29, 0.717) is 23.7 Å². The van der Waals surface area contributed by atoms with Gasteiger partial charge in [-0.2, -0.15) is 0 Å². The van der Waals surface area contributed by atoms with Crippen molar-refractivity contribution in [1.82, 2.24) is 10.3 Å². The zero-order chi connectivity index (χ0) is 13.7. The largest absolute Gasteiger partial charge is 0.307 e. The minimum atomic E-state index is -0.281. The van der Waals surface area contributed by atoms with Crippen LogP contribution in [0.25, 0.3) is 0 Å². The lowest BCUT2D eigenvalue weighted by Gasteiger charge is -2.09. The van der Waals surface area contributed by atoms with Gasteiger partial charge >= 0.3 is 0 Å². The summed E-state index contributed by atoms with van der Waals surface area (Å²) >= 11 is 5.72. The molecule has 0 fully saturated rings. The molecule has 19 heavy (non-hydrogen) atoms. The number of halogens is 2. The average Bonchev–Trinajstić information content (AvgIpc) is 2.42. The van der Waals surface area contributed by atoms with Crippen molar-refractivity contribution in [3.05, 3.63) is 64.2 Å². The number of rotatable bonds is 5. The third-order valence-corrected chi connectivity index (χ3v) is 3.22. The number of hydrogen-bond acceptors (Lipinski definition) is 2. The van der Waals surface area contributed by atoms with Gasteiger partial charge in [0, 0.05) is 29.9 Å². The highest BCUT2D eigenvalue weighted by molar-refractivity contribution is 6.30. The summed E-state index contributed by atoms with van der Waals surface area (Å²) in [6, 6.07) is 8.72. The van der Waals surface area contributed by atoms with Gasteiger partial charge in [-0.05, 0) is 30.2 Å². The standard InChI is InChI=1S/C15H16ClFN2/c1-2-11-4-3-7-19-15(11)10-18-9-12-5-6-13(16)8-14(12)17/h3-8,18H,2,9-10H2,1H3. The van der Waals surface area contributed by atoms with Crippen LogP contribution in [0.15, 0.2) is 36.5 Å². The quantitative estimate of drug-likeness (QED) is 0.901. The lowest BCUT2D eigenvalue weighted by Crippen LogP contribution is -2.16. The Hall–Kier alpha value is -1.45. The predicted molar refractivity (Wildman–Crippen MR) is 75.6 cm³/mol. The highest BCUT2D eigenvalue weighted by Gasteiger charge is 2.04. The van der Waals surface area contributed by atoms with Gasteiger partial charge in [0.15, 0.2) is 0 Å². The van der Waals surface area contributed by atoms with Gasteiger partial charge in [-0.15, -0.1) is 0 Å². The monoisotopic (exact) mass is 278 g/mol. The molecule has 2 nitrogen and oxygen atoms in total. The summed E-state index contributed by atoms with van der Waals surface area (Å²) in [7, 11) is 0. The summed E-state index contributed by atoms with van der Waals surface area (Å²) in [5.41, 5.74) is 2.84. The van der Waals surface area contributed by atoms with Crippen LogP contribution < -0.4 is 5.32 Å². The van der Waals surface area contributed by atoms with E-state index < -0.39 is 0 Å². The molecule has 0 saturated carbocycles. The fourth-order valence-corrected chi connectivity index (χ4v) is 2.09. The normalized spacial score (nSPS) is 10.7. The summed E-state index contributed by atoms with van der Waals surface area (Å²) in [6.45, 7) is 3.19. The second-order valence-electron chi connectivity index (χ2n) is 4.30. The minimum absolute atomic E-state index is 0.281. The molecule has 1 aromatic heterocycles.